The topological polar surface area (TPSA) is 68.3 Å². The van der Waals surface area contributed by atoms with Gasteiger partial charge in [0, 0.05) is 6.07 Å². The molecule has 0 atom stereocenters. The number of nitriles is 1. The van der Waals surface area contributed by atoms with Gasteiger partial charge < -0.3 is 13.9 Å². The maximum absolute atomic E-state index is 8.92. The van der Waals surface area contributed by atoms with E-state index in [1.165, 1.54) is 0 Å². The fourth-order valence-corrected chi connectivity index (χ4v) is 1.58. The Labute approximate surface area is 111 Å². The van der Waals surface area contributed by atoms with E-state index in [1.54, 1.807) is 25.3 Å². The van der Waals surface area contributed by atoms with Crippen LogP contribution >= 0.6 is 0 Å². The van der Waals surface area contributed by atoms with Crippen LogP contribution in [0.2, 0.25) is 0 Å². The molecule has 1 heterocycles. The first-order chi connectivity index (χ1) is 9.12. The first-order valence-electron chi connectivity index (χ1n) is 5.77. The molecular weight excluding hydrogens is 244 g/mol. The Balaban J connectivity index is 2.13. The Morgan fingerprint density at radius 3 is 2.58 bits per heavy atom. The first kappa shape index (κ1) is 13.0. The summed E-state index contributed by atoms with van der Waals surface area (Å²) < 4.78 is 16.1. The lowest BCUT2D eigenvalue weighted by Gasteiger charge is -2.06. The summed E-state index contributed by atoms with van der Waals surface area (Å²) in [6, 6.07) is 7.06. The van der Waals surface area contributed by atoms with Crippen LogP contribution in [0.3, 0.4) is 0 Å². The fraction of sp³-hybridized carbons (Fsp3) is 0.286. The Hall–Kier alpha value is -2.48. The van der Waals surface area contributed by atoms with Gasteiger partial charge in [-0.15, -0.1) is 0 Å². The van der Waals surface area contributed by atoms with Gasteiger partial charge in [0.05, 0.1) is 24.4 Å². The Kier molecular flexibility index (Phi) is 3.71. The summed E-state index contributed by atoms with van der Waals surface area (Å²) in [5.41, 5.74) is 1.33. The molecule has 2 aromatic rings. The molecule has 0 amide bonds. The van der Waals surface area contributed by atoms with E-state index in [2.05, 4.69) is 11.1 Å². The van der Waals surface area contributed by atoms with Gasteiger partial charge >= 0.3 is 0 Å². The highest BCUT2D eigenvalue weighted by Gasteiger charge is 2.07. The number of oxazole rings is 1. The average Bonchev–Trinajstić information content (AvgIpc) is 2.75. The molecule has 2 rings (SSSR count). The fourth-order valence-electron chi connectivity index (χ4n) is 1.58. The molecule has 0 fully saturated rings. The van der Waals surface area contributed by atoms with Gasteiger partial charge in [0.25, 0.3) is 0 Å². The van der Waals surface area contributed by atoms with Crippen molar-refractivity contribution >= 4 is 0 Å². The molecule has 5 nitrogen and oxygen atoms in total. The molecule has 0 unspecified atom stereocenters. The third kappa shape index (κ3) is 3.05. The number of methoxy groups -OCH3 is 1. The largest absolute Gasteiger partial charge is 0.497 e. The minimum absolute atomic E-state index is 0.215. The second kappa shape index (κ2) is 5.44. The molecular formula is C14H14N2O3. The third-order valence-electron chi connectivity index (χ3n) is 2.68. The molecule has 0 aliphatic carbocycles. The lowest BCUT2D eigenvalue weighted by Crippen LogP contribution is -1.97. The zero-order valence-corrected chi connectivity index (χ0v) is 11.1. The number of nitrogens with zero attached hydrogens (tertiary/aromatic N) is 2. The molecule has 0 saturated carbocycles. The number of hydrogen-bond acceptors (Lipinski definition) is 5. The zero-order chi connectivity index (χ0) is 13.8. The van der Waals surface area contributed by atoms with E-state index in [4.69, 9.17) is 19.2 Å². The third-order valence-corrected chi connectivity index (χ3v) is 2.68. The Morgan fingerprint density at radius 1 is 1.26 bits per heavy atom. The number of aromatic nitrogens is 1. The van der Waals surface area contributed by atoms with Gasteiger partial charge in [-0.05, 0) is 26.0 Å². The summed E-state index contributed by atoms with van der Waals surface area (Å²) >= 11 is 0. The van der Waals surface area contributed by atoms with Gasteiger partial charge in [-0.25, -0.2) is 4.98 Å². The summed E-state index contributed by atoms with van der Waals surface area (Å²) in [7, 11) is 1.54. The van der Waals surface area contributed by atoms with Crippen LogP contribution in [0, 0.1) is 25.2 Å². The van der Waals surface area contributed by atoms with Crippen LogP contribution in [0.4, 0.5) is 0 Å². The maximum atomic E-state index is 8.92. The van der Waals surface area contributed by atoms with Gasteiger partial charge in [0.15, 0.2) is 6.61 Å². The van der Waals surface area contributed by atoms with E-state index in [0.717, 1.165) is 11.5 Å². The van der Waals surface area contributed by atoms with Crippen molar-refractivity contribution in [2.75, 3.05) is 7.11 Å². The van der Waals surface area contributed by atoms with Crippen molar-refractivity contribution in [3.8, 4) is 17.6 Å². The van der Waals surface area contributed by atoms with Gasteiger partial charge in [-0.3, -0.25) is 0 Å². The van der Waals surface area contributed by atoms with Crippen molar-refractivity contribution in [3.05, 3.63) is 41.1 Å². The van der Waals surface area contributed by atoms with E-state index >= 15 is 0 Å². The maximum Gasteiger partial charge on any atom is 0.232 e. The first-order valence-corrected chi connectivity index (χ1v) is 5.77. The van der Waals surface area contributed by atoms with Gasteiger partial charge in [-0.2, -0.15) is 5.26 Å². The van der Waals surface area contributed by atoms with Crippen molar-refractivity contribution in [1.29, 1.82) is 5.26 Å². The van der Waals surface area contributed by atoms with E-state index in [1.807, 2.05) is 13.8 Å². The molecule has 0 radical (unpaired) electrons. The van der Waals surface area contributed by atoms with Crippen LogP contribution in [0.5, 0.6) is 11.5 Å². The molecule has 98 valence electrons. The Bertz CT molecular complexity index is 607. The monoisotopic (exact) mass is 258 g/mol. The molecule has 0 aliphatic rings. The molecule has 0 bridgehead atoms. The van der Waals surface area contributed by atoms with Crippen LogP contribution < -0.4 is 9.47 Å². The van der Waals surface area contributed by atoms with E-state index in [9.17, 15) is 0 Å². The quantitative estimate of drug-likeness (QED) is 0.843. The molecule has 1 aromatic carbocycles. The second-order valence-electron chi connectivity index (χ2n) is 4.05. The molecule has 1 aromatic heterocycles. The highest BCUT2D eigenvalue weighted by molar-refractivity contribution is 5.43. The van der Waals surface area contributed by atoms with Crippen LogP contribution in [-0.4, -0.2) is 12.1 Å². The minimum atomic E-state index is 0.215. The highest BCUT2D eigenvalue weighted by atomic mass is 16.5. The van der Waals surface area contributed by atoms with Crippen molar-refractivity contribution < 1.29 is 13.9 Å². The summed E-state index contributed by atoms with van der Waals surface area (Å²) in [5, 5.41) is 8.92. The predicted octanol–water partition coefficient (Wildman–Crippen LogP) is 2.75. The molecule has 0 spiro atoms. The number of benzene rings is 1. The predicted molar refractivity (Wildman–Crippen MR) is 68.0 cm³/mol. The van der Waals surface area contributed by atoms with Crippen molar-refractivity contribution in [3.63, 3.8) is 0 Å². The molecule has 0 N–H and O–H groups in total. The van der Waals surface area contributed by atoms with Gasteiger partial charge in [0.1, 0.15) is 17.3 Å². The SMILES string of the molecule is COc1cc(C#N)cc(OCc2nc(C)c(C)o2)c1. The second-order valence-corrected chi connectivity index (χ2v) is 4.05. The van der Waals surface area contributed by atoms with Crippen molar-refractivity contribution in [2.45, 2.75) is 20.5 Å². The summed E-state index contributed by atoms with van der Waals surface area (Å²) in [5.74, 6) is 2.41. The summed E-state index contributed by atoms with van der Waals surface area (Å²) in [6.45, 7) is 3.94. The van der Waals surface area contributed by atoms with Crippen LogP contribution in [0.15, 0.2) is 22.6 Å². The number of ether oxygens (including phenoxy) is 2. The van der Waals surface area contributed by atoms with E-state index in [-0.39, 0.29) is 6.61 Å². The highest BCUT2D eigenvalue weighted by Crippen LogP contribution is 2.23. The molecule has 5 heteroatoms. The number of rotatable bonds is 4. The van der Waals surface area contributed by atoms with Crippen LogP contribution in [0.25, 0.3) is 0 Å². The smallest absolute Gasteiger partial charge is 0.232 e. The van der Waals surface area contributed by atoms with E-state index < -0.39 is 0 Å². The number of hydrogen-bond donors (Lipinski definition) is 0. The van der Waals surface area contributed by atoms with Crippen molar-refractivity contribution in [2.24, 2.45) is 0 Å². The summed E-state index contributed by atoms with van der Waals surface area (Å²) in [6.07, 6.45) is 0. The van der Waals surface area contributed by atoms with Crippen LogP contribution in [-0.2, 0) is 6.61 Å². The van der Waals surface area contributed by atoms with E-state index in [0.29, 0.717) is 23.0 Å². The normalized spacial score (nSPS) is 10.0. The standard InChI is InChI=1S/C14H14N2O3/c1-9-10(2)19-14(16-9)8-18-13-5-11(7-15)4-12(6-13)17-3/h4-6H,8H2,1-3H3. The zero-order valence-electron chi connectivity index (χ0n) is 11.1. The molecule has 0 aliphatic heterocycles. The molecule has 19 heavy (non-hydrogen) atoms. The minimum Gasteiger partial charge on any atom is -0.497 e. The lowest BCUT2D eigenvalue weighted by molar-refractivity contribution is 0.259. The van der Waals surface area contributed by atoms with Gasteiger partial charge in [-0.1, -0.05) is 0 Å². The van der Waals surface area contributed by atoms with Crippen LogP contribution in [0.1, 0.15) is 22.9 Å². The van der Waals surface area contributed by atoms with Crippen molar-refractivity contribution in [1.82, 2.24) is 4.98 Å². The Morgan fingerprint density at radius 2 is 2.00 bits per heavy atom. The number of aryl methyl sites for hydroxylation is 2. The lowest BCUT2D eigenvalue weighted by atomic mass is 10.2. The van der Waals surface area contributed by atoms with Gasteiger partial charge in [0.2, 0.25) is 5.89 Å². The summed E-state index contributed by atoms with van der Waals surface area (Å²) in [4.78, 5) is 4.22. The molecule has 0 saturated heterocycles. The average molecular weight is 258 g/mol.